The van der Waals surface area contributed by atoms with Crippen molar-refractivity contribution in [2.45, 2.75) is 19.4 Å². The topological polar surface area (TPSA) is 111 Å². The second-order valence-electron chi connectivity index (χ2n) is 11.6. The summed E-state index contributed by atoms with van der Waals surface area (Å²) in [6.45, 7) is 4.05. The first-order valence-corrected chi connectivity index (χ1v) is 15.9. The molecule has 1 aromatic heterocycles. The van der Waals surface area contributed by atoms with Crippen LogP contribution in [0.1, 0.15) is 16.7 Å². The normalized spacial score (nSPS) is 11.8. The summed E-state index contributed by atoms with van der Waals surface area (Å²) in [5.74, 6) is 7.62. The van der Waals surface area contributed by atoms with Gasteiger partial charge in [0.25, 0.3) is 0 Å². The highest BCUT2D eigenvalue weighted by Crippen LogP contribution is 2.27. The third kappa shape index (κ3) is 10.9. The average Bonchev–Trinajstić information content (AvgIpc) is 3.50. The van der Waals surface area contributed by atoms with E-state index in [-0.39, 0.29) is 0 Å². The van der Waals surface area contributed by atoms with Gasteiger partial charge in [0.15, 0.2) is 0 Å². The zero-order valence-corrected chi connectivity index (χ0v) is 28.5. The van der Waals surface area contributed by atoms with Gasteiger partial charge in [0.2, 0.25) is 0 Å². The molecule has 46 heavy (non-hydrogen) atoms. The number of nitrogens with zero attached hydrogens (tertiary/aromatic N) is 6. The number of aromatic nitrogens is 3. The monoisotopic (exact) mass is 666 g/mol. The molecule has 12 heteroatoms. The summed E-state index contributed by atoms with van der Waals surface area (Å²) in [4.78, 5) is 4.12. The molecule has 0 bridgehead atoms. The molecule has 0 fully saturated rings. The molecule has 0 aliphatic rings. The molecule has 0 unspecified atom stereocenters. The maximum Gasteiger partial charge on any atom is 0.137 e. The molecule has 0 aliphatic heterocycles. The predicted octanol–water partition coefficient (Wildman–Crippen LogP) is 5.05. The van der Waals surface area contributed by atoms with Crippen molar-refractivity contribution >= 4 is 28.9 Å². The Hall–Kier alpha value is -3.80. The zero-order chi connectivity index (χ0) is 33.1. The second kappa shape index (κ2) is 17.2. The van der Waals surface area contributed by atoms with Gasteiger partial charge in [-0.3, -0.25) is 4.68 Å². The molecule has 246 valence electrons. The highest BCUT2D eigenvalue weighted by atomic mass is 35.5. The number of benzene rings is 3. The van der Waals surface area contributed by atoms with E-state index in [1.165, 1.54) is 0 Å². The number of nitrogens with two attached hydrogens (primary N) is 2. The first-order valence-electron chi connectivity index (χ1n) is 15.2. The standard InChI is InChI=1S/C34H44Cl2N8O2/c1-41(2)17-19-45-33-11-5-25(21-29(33)35)13-15-43(38)23-31(37)27-7-9-28(10-8-27)32-24-44(40-39-32)16-14-26-6-12-34(30(36)22-26)46-20-18-42(3)4/h5-12,21-24H,13-20,37-38H2,1-4H3/b31-23-. The van der Waals surface area contributed by atoms with Crippen LogP contribution in [0.2, 0.25) is 10.0 Å². The van der Waals surface area contributed by atoms with Gasteiger partial charge in [-0.25, -0.2) is 5.84 Å². The first kappa shape index (κ1) is 35.1. The van der Waals surface area contributed by atoms with Gasteiger partial charge < -0.3 is 30.0 Å². The Morgan fingerprint density at radius 2 is 1.37 bits per heavy atom. The molecule has 0 radical (unpaired) electrons. The van der Waals surface area contributed by atoms with Gasteiger partial charge in [0, 0.05) is 37.9 Å². The number of rotatable bonds is 17. The average molecular weight is 668 g/mol. The second-order valence-corrected chi connectivity index (χ2v) is 12.4. The van der Waals surface area contributed by atoms with Crippen molar-refractivity contribution in [2.75, 3.05) is 61.0 Å². The molecule has 1 heterocycles. The largest absolute Gasteiger partial charge is 0.491 e. The number of aryl methyl sites for hydroxylation is 2. The molecule has 4 rings (SSSR count). The number of ether oxygens (including phenoxy) is 2. The lowest BCUT2D eigenvalue weighted by Gasteiger charge is -2.16. The molecule has 0 saturated carbocycles. The van der Waals surface area contributed by atoms with E-state index < -0.39 is 0 Å². The number of hydrogen-bond acceptors (Lipinski definition) is 9. The van der Waals surface area contributed by atoms with Crippen molar-refractivity contribution < 1.29 is 9.47 Å². The van der Waals surface area contributed by atoms with E-state index >= 15 is 0 Å². The highest BCUT2D eigenvalue weighted by Gasteiger charge is 2.09. The van der Waals surface area contributed by atoms with E-state index in [0.29, 0.717) is 60.0 Å². The Labute approximate surface area is 282 Å². The lowest BCUT2D eigenvalue weighted by Crippen LogP contribution is -2.28. The molecule has 4 N–H and O–H groups in total. The Balaban J connectivity index is 1.26. The van der Waals surface area contributed by atoms with E-state index in [9.17, 15) is 0 Å². The molecule has 0 atom stereocenters. The Bertz CT molecular complexity index is 1570. The van der Waals surface area contributed by atoms with Crippen LogP contribution in [0.15, 0.2) is 73.1 Å². The van der Waals surface area contributed by atoms with Crippen molar-refractivity contribution in [2.24, 2.45) is 11.6 Å². The third-order valence-corrected chi connectivity index (χ3v) is 7.82. The van der Waals surface area contributed by atoms with Crippen molar-refractivity contribution in [3.05, 3.63) is 99.8 Å². The minimum absolute atomic E-state index is 0.563. The smallest absolute Gasteiger partial charge is 0.137 e. The minimum atomic E-state index is 0.563. The molecular formula is C34H44Cl2N8O2. The van der Waals surface area contributed by atoms with Crippen LogP contribution in [0.3, 0.4) is 0 Å². The van der Waals surface area contributed by atoms with Crippen LogP contribution in [-0.2, 0) is 19.4 Å². The Morgan fingerprint density at radius 3 is 1.91 bits per heavy atom. The summed E-state index contributed by atoms with van der Waals surface area (Å²) in [6.07, 6.45) is 5.14. The summed E-state index contributed by atoms with van der Waals surface area (Å²) in [5, 5.41) is 11.4. The molecule has 0 aliphatic carbocycles. The first-order chi connectivity index (χ1) is 22.1. The Kier molecular flexibility index (Phi) is 13.1. The number of hydrazine groups is 1. The maximum absolute atomic E-state index is 6.44. The molecule has 0 amide bonds. The van der Waals surface area contributed by atoms with Crippen molar-refractivity contribution in [3.63, 3.8) is 0 Å². The van der Waals surface area contributed by atoms with Crippen LogP contribution in [0.5, 0.6) is 11.5 Å². The lowest BCUT2D eigenvalue weighted by atomic mass is 10.1. The van der Waals surface area contributed by atoms with Gasteiger partial charge in [-0.05, 0) is 82.0 Å². The number of halogens is 2. The fraction of sp³-hybridized carbons (Fsp3) is 0.353. The van der Waals surface area contributed by atoms with Gasteiger partial charge in [0.1, 0.15) is 30.4 Å². The van der Waals surface area contributed by atoms with E-state index in [1.807, 2.05) is 99.7 Å². The maximum atomic E-state index is 6.44. The van der Waals surface area contributed by atoms with Crippen molar-refractivity contribution in [3.8, 4) is 22.8 Å². The summed E-state index contributed by atoms with van der Waals surface area (Å²) < 4.78 is 13.4. The van der Waals surface area contributed by atoms with Crippen molar-refractivity contribution in [1.82, 2.24) is 29.8 Å². The van der Waals surface area contributed by atoms with Crippen LogP contribution in [-0.4, -0.2) is 90.8 Å². The van der Waals surface area contributed by atoms with Crippen LogP contribution in [0.4, 0.5) is 0 Å². The van der Waals surface area contributed by atoms with E-state index in [2.05, 4.69) is 20.1 Å². The van der Waals surface area contributed by atoms with Crippen LogP contribution in [0, 0.1) is 0 Å². The van der Waals surface area contributed by atoms with Crippen LogP contribution >= 0.6 is 23.2 Å². The fourth-order valence-corrected chi connectivity index (χ4v) is 5.02. The summed E-state index contributed by atoms with van der Waals surface area (Å²) >= 11 is 12.9. The predicted molar refractivity (Wildman–Crippen MR) is 187 cm³/mol. The lowest BCUT2D eigenvalue weighted by molar-refractivity contribution is 0.261. The number of likely N-dealkylation sites (N-methyl/N-ethyl adjacent to an activating group) is 2. The van der Waals surface area contributed by atoms with E-state index in [4.69, 9.17) is 44.3 Å². The molecular weight excluding hydrogens is 623 g/mol. The third-order valence-electron chi connectivity index (χ3n) is 7.23. The van der Waals surface area contributed by atoms with Gasteiger partial charge in [0.05, 0.1) is 21.9 Å². The minimum Gasteiger partial charge on any atom is -0.491 e. The molecule has 4 aromatic rings. The van der Waals surface area contributed by atoms with Gasteiger partial charge in [-0.15, -0.1) is 5.10 Å². The molecule has 3 aromatic carbocycles. The van der Waals surface area contributed by atoms with E-state index in [1.54, 1.807) is 11.2 Å². The zero-order valence-electron chi connectivity index (χ0n) is 27.0. The Morgan fingerprint density at radius 1 is 0.804 bits per heavy atom. The van der Waals surface area contributed by atoms with Crippen LogP contribution in [0.25, 0.3) is 17.0 Å². The molecule has 0 spiro atoms. The van der Waals surface area contributed by atoms with Crippen molar-refractivity contribution in [1.29, 1.82) is 0 Å². The number of hydrogen-bond donors (Lipinski definition) is 2. The van der Waals surface area contributed by atoms with Gasteiger partial charge in [-0.1, -0.05) is 64.8 Å². The van der Waals surface area contributed by atoms with Crippen LogP contribution < -0.4 is 21.1 Å². The molecule has 10 nitrogen and oxygen atoms in total. The fourth-order valence-electron chi connectivity index (χ4n) is 4.50. The summed E-state index contributed by atoms with van der Waals surface area (Å²) in [6, 6.07) is 19.6. The van der Waals surface area contributed by atoms with Gasteiger partial charge >= 0.3 is 0 Å². The van der Waals surface area contributed by atoms with E-state index in [0.717, 1.165) is 47.5 Å². The molecule has 0 saturated heterocycles. The SMILES string of the molecule is CN(C)CCOc1ccc(CCN(N)/C=C(\N)c2ccc(-c3cn(CCc4ccc(OCCN(C)C)c(Cl)c4)nn3)cc2)cc1Cl. The highest BCUT2D eigenvalue weighted by molar-refractivity contribution is 6.32. The summed E-state index contributed by atoms with van der Waals surface area (Å²) in [7, 11) is 8.02. The summed E-state index contributed by atoms with van der Waals surface area (Å²) in [5.41, 5.74) is 11.7. The quantitative estimate of drug-likeness (QED) is 0.118. The van der Waals surface area contributed by atoms with Gasteiger partial charge in [-0.2, -0.15) is 0 Å².